The topological polar surface area (TPSA) is 57.8 Å². The quantitative estimate of drug-likeness (QED) is 0.772. The molecule has 0 spiro atoms. The van der Waals surface area contributed by atoms with Crippen LogP contribution in [0.15, 0.2) is 18.2 Å². The second-order valence-electron chi connectivity index (χ2n) is 4.57. The van der Waals surface area contributed by atoms with E-state index in [1.165, 1.54) is 0 Å². The molecule has 1 unspecified atom stereocenters. The molecule has 3 rings (SSSR count). The summed E-state index contributed by atoms with van der Waals surface area (Å²) in [4.78, 5) is 19.7. The molecule has 2 N–H and O–H groups in total. The molecular weight excluding hydrogens is 214 g/mol. The molecular formula is C13H15N3O. The molecule has 0 bridgehead atoms. The van der Waals surface area contributed by atoms with Crippen molar-refractivity contribution in [2.75, 3.05) is 6.54 Å². The second-order valence-corrected chi connectivity index (χ2v) is 4.57. The fourth-order valence-corrected chi connectivity index (χ4v) is 2.40. The number of imidazole rings is 1. The van der Waals surface area contributed by atoms with Crippen molar-refractivity contribution in [1.82, 2.24) is 15.3 Å². The Labute approximate surface area is 99.4 Å². The molecule has 0 amide bonds. The highest BCUT2D eigenvalue weighted by Crippen LogP contribution is 2.17. The monoisotopic (exact) mass is 229 g/mol. The minimum atomic E-state index is -0.00327. The van der Waals surface area contributed by atoms with Crippen molar-refractivity contribution in [2.45, 2.75) is 25.8 Å². The molecule has 0 radical (unpaired) electrons. The lowest BCUT2D eigenvalue weighted by Crippen LogP contribution is -2.30. The largest absolute Gasteiger partial charge is 0.342 e. The van der Waals surface area contributed by atoms with Crippen molar-refractivity contribution >= 4 is 16.8 Å². The van der Waals surface area contributed by atoms with Gasteiger partial charge in [0.15, 0.2) is 5.78 Å². The van der Waals surface area contributed by atoms with Gasteiger partial charge in [0.2, 0.25) is 0 Å². The molecule has 1 aromatic carbocycles. The maximum absolute atomic E-state index is 12.2. The minimum Gasteiger partial charge on any atom is -0.342 e. The van der Waals surface area contributed by atoms with Crippen LogP contribution in [0.3, 0.4) is 0 Å². The van der Waals surface area contributed by atoms with Gasteiger partial charge in [0.05, 0.1) is 17.1 Å². The highest BCUT2D eigenvalue weighted by Gasteiger charge is 2.23. The third kappa shape index (κ3) is 1.85. The first-order valence-electron chi connectivity index (χ1n) is 5.98. The van der Waals surface area contributed by atoms with Crippen LogP contribution in [0.4, 0.5) is 0 Å². The number of carbonyl (C=O) groups is 1. The number of fused-ring (bicyclic) bond motifs is 1. The van der Waals surface area contributed by atoms with E-state index < -0.39 is 0 Å². The molecule has 1 saturated heterocycles. The van der Waals surface area contributed by atoms with Gasteiger partial charge in [-0.1, -0.05) is 0 Å². The highest BCUT2D eigenvalue weighted by molar-refractivity contribution is 6.02. The number of hydrogen-bond acceptors (Lipinski definition) is 3. The van der Waals surface area contributed by atoms with Gasteiger partial charge < -0.3 is 10.3 Å². The summed E-state index contributed by atoms with van der Waals surface area (Å²) in [5.74, 6) is 1.07. The number of Topliss-reactive ketones (excluding diaryl/α,β-unsaturated/α-hetero) is 1. The number of rotatable bonds is 2. The summed E-state index contributed by atoms with van der Waals surface area (Å²) >= 11 is 0. The number of aryl methyl sites for hydroxylation is 1. The van der Waals surface area contributed by atoms with Gasteiger partial charge in [0.25, 0.3) is 0 Å². The van der Waals surface area contributed by atoms with E-state index in [2.05, 4.69) is 15.3 Å². The number of benzene rings is 1. The molecule has 88 valence electrons. The average Bonchev–Trinajstić information content (AvgIpc) is 2.94. The average molecular weight is 229 g/mol. The summed E-state index contributed by atoms with van der Waals surface area (Å²) in [5.41, 5.74) is 2.62. The fourth-order valence-electron chi connectivity index (χ4n) is 2.40. The molecule has 4 nitrogen and oxygen atoms in total. The van der Waals surface area contributed by atoms with Gasteiger partial charge in [-0.15, -0.1) is 0 Å². The van der Waals surface area contributed by atoms with Gasteiger partial charge in [0, 0.05) is 5.56 Å². The van der Waals surface area contributed by atoms with Gasteiger partial charge in [-0.3, -0.25) is 4.79 Å². The molecule has 1 aliphatic heterocycles. The van der Waals surface area contributed by atoms with E-state index in [9.17, 15) is 4.79 Å². The van der Waals surface area contributed by atoms with Crippen LogP contribution in [0.1, 0.15) is 29.0 Å². The zero-order valence-electron chi connectivity index (χ0n) is 9.79. The molecule has 17 heavy (non-hydrogen) atoms. The number of nitrogens with one attached hydrogen (secondary N) is 2. The molecule has 0 saturated carbocycles. The SMILES string of the molecule is Cc1nc2ccc(C(=O)C3CCCN3)cc2[nH]1. The van der Waals surface area contributed by atoms with Gasteiger partial charge in [-0.2, -0.15) is 0 Å². The number of H-pyrrole nitrogens is 1. The predicted octanol–water partition coefficient (Wildman–Crippen LogP) is 1.81. The van der Waals surface area contributed by atoms with Gasteiger partial charge in [-0.25, -0.2) is 4.98 Å². The minimum absolute atomic E-state index is 0.00327. The van der Waals surface area contributed by atoms with E-state index in [0.29, 0.717) is 0 Å². The zero-order valence-corrected chi connectivity index (χ0v) is 9.79. The summed E-state index contributed by atoms with van der Waals surface area (Å²) in [7, 11) is 0. The number of aromatic nitrogens is 2. The maximum Gasteiger partial charge on any atom is 0.179 e. The molecule has 1 aliphatic rings. The van der Waals surface area contributed by atoms with Crippen LogP contribution in [0.25, 0.3) is 11.0 Å². The summed E-state index contributed by atoms with van der Waals surface area (Å²) in [6, 6.07) is 5.67. The van der Waals surface area contributed by atoms with Gasteiger partial charge in [-0.05, 0) is 44.5 Å². The van der Waals surface area contributed by atoms with E-state index in [-0.39, 0.29) is 11.8 Å². The fraction of sp³-hybridized carbons (Fsp3) is 0.385. The Kier molecular flexibility index (Phi) is 2.44. The molecule has 2 aromatic rings. The van der Waals surface area contributed by atoms with Crippen LogP contribution >= 0.6 is 0 Å². The summed E-state index contributed by atoms with van der Waals surface area (Å²) in [5, 5.41) is 3.23. The molecule has 1 atom stereocenters. The Morgan fingerprint density at radius 1 is 1.47 bits per heavy atom. The van der Waals surface area contributed by atoms with E-state index in [0.717, 1.165) is 41.8 Å². The highest BCUT2D eigenvalue weighted by atomic mass is 16.1. The lowest BCUT2D eigenvalue weighted by atomic mass is 10.0. The number of carbonyl (C=O) groups excluding carboxylic acids is 1. The van der Waals surface area contributed by atoms with E-state index >= 15 is 0 Å². The summed E-state index contributed by atoms with van der Waals surface area (Å²) in [6.07, 6.45) is 2.03. The Morgan fingerprint density at radius 2 is 2.35 bits per heavy atom. The normalized spacial score (nSPS) is 19.9. The smallest absolute Gasteiger partial charge is 0.179 e. The lowest BCUT2D eigenvalue weighted by molar-refractivity contribution is 0.0952. The van der Waals surface area contributed by atoms with Crippen molar-refractivity contribution in [3.63, 3.8) is 0 Å². The van der Waals surface area contributed by atoms with E-state index in [4.69, 9.17) is 0 Å². The van der Waals surface area contributed by atoms with Crippen LogP contribution in [0, 0.1) is 6.92 Å². The van der Waals surface area contributed by atoms with Gasteiger partial charge >= 0.3 is 0 Å². The Hall–Kier alpha value is -1.68. The number of ketones is 1. The number of aromatic amines is 1. The van der Waals surface area contributed by atoms with Crippen LogP contribution in [0.2, 0.25) is 0 Å². The Morgan fingerprint density at radius 3 is 3.12 bits per heavy atom. The van der Waals surface area contributed by atoms with Crippen molar-refractivity contribution in [3.05, 3.63) is 29.6 Å². The van der Waals surface area contributed by atoms with Crippen molar-refractivity contribution in [3.8, 4) is 0 Å². The van der Waals surface area contributed by atoms with E-state index in [1.807, 2.05) is 25.1 Å². The summed E-state index contributed by atoms with van der Waals surface area (Å²) < 4.78 is 0. The molecule has 0 aliphatic carbocycles. The Balaban J connectivity index is 1.96. The number of hydrogen-bond donors (Lipinski definition) is 2. The molecule has 2 heterocycles. The van der Waals surface area contributed by atoms with E-state index in [1.54, 1.807) is 0 Å². The maximum atomic E-state index is 12.2. The molecule has 1 fully saturated rings. The Bertz CT molecular complexity index is 567. The second kappa shape index (κ2) is 3.96. The first-order chi connectivity index (χ1) is 8.24. The standard InChI is InChI=1S/C13H15N3O/c1-8-15-10-5-4-9(7-12(10)16-8)13(17)11-3-2-6-14-11/h4-5,7,11,14H,2-3,6H2,1H3,(H,15,16). The van der Waals surface area contributed by atoms with Crippen LogP contribution < -0.4 is 5.32 Å². The van der Waals surface area contributed by atoms with Crippen LogP contribution in [0.5, 0.6) is 0 Å². The summed E-state index contributed by atoms with van der Waals surface area (Å²) in [6.45, 7) is 2.86. The predicted molar refractivity (Wildman–Crippen MR) is 66.2 cm³/mol. The zero-order chi connectivity index (χ0) is 11.8. The molecule has 1 aromatic heterocycles. The van der Waals surface area contributed by atoms with Crippen LogP contribution in [-0.2, 0) is 0 Å². The van der Waals surface area contributed by atoms with Crippen molar-refractivity contribution in [1.29, 1.82) is 0 Å². The van der Waals surface area contributed by atoms with Crippen molar-refractivity contribution in [2.24, 2.45) is 0 Å². The first-order valence-corrected chi connectivity index (χ1v) is 5.98. The van der Waals surface area contributed by atoms with Crippen LogP contribution in [-0.4, -0.2) is 28.3 Å². The molecule has 4 heteroatoms. The number of nitrogens with zero attached hydrogens (tertiary/aromatic N) is 1. The first kappa shape index (κ1) is 10.5. The third-order valence-corrected chi connectivity index (χ3v) is 3.26. The lowest BCUT2D eigenvalue weighted by Gasteiger charge is -2.08. The van der Waals surface area contributed by atoms with Gasteiger partial charge in [0.1, 0.15) is 5.82 Å². The van der Waals surface area contributed by atoms with Crippen molar-refractivity contribution < 1.29 is 4.79 Å². The third-order valence-electron chi connectivity index (χ3n) is 3.26.